The normalized spacial score (nSPS) is 11.7. The van der Waals surface area contributed by atoms with Crippen LogP contribution in [-0.2, 0) is 38.5 Å². The van der Waals surface area contributed by atoms with Crippen LogP contribution in [0.5, 0.6) is 0 Å². The van der Waals surface area contributed by atoms with Gasteiger partial charge in [-0.15, -0.1) is 0 Å². The molecule has 0 fully saturated rings. The summed E-state index contributed by atoms with van der Waals surface area (Å²) in [5.74, 6) is 2.02. The van der Waals surface area contributed by atoms with Gasteiger partial charge in [0.25, 0.3) is 0 Å². The summed E-state index contributed by atoms with van der Waals surface area (Å²) in [6.45, 7) is 14.0. The molecule has 0 aliphatic heterocycles. The fraction of sp³-hybridized carbons (Fsp3) is 0.821. The molecule has 0 saturated carbocycles. The third-order valence-corrected chi connectivity index (χ3v) is 27.8. The topological polar surface area (TPSA) is 62.7 Å². The maximum atomic E-state index is 5.48. The molecule has 0 spiro atoms. The van der Waals surface area contributed by atoms with Crippen LogP contribution >= 0.6 is 0 Å². The van der Waals surface area contributed by atoms with E-state index in [1.165, 1.54) is 552 Å². The van der Waals surface area contributed by atoms with Gasteiger partial charge in [0.05, 0.1) is 0 Å². The Morgan fingerprint density at radius 1 is 0.172 bits per heavy atom. The summed E-state index contributed by atoms with van der Waals surface area (Å²) < 4.78 is 0. The van der Waals surface area contributed by atoms with Gasteiger partial charge in [-0.1, -0.05) is 573 Å². The molecule has 4 rings (SSSR count). The monoisotopic (exact) mass is 1680 g/mol. The summed E-state index contributed by atoms with van der Waals surface area (Å²) in [5.41, 5.74) is 13.1. The number of aryl methyl sites for hydroxylation is 4. The van der Waals surface area contributed by atoms with Gasteiger partial charge in [0.15, 0.2) is 5.82 Å². The zero-order valence-electron chi connectivity index (χ0n) is 83.2. The van der Waals surface area contributed by atoms with Crippen LogP contribution in [0.25, 0.3) is 11.4 Å². The minimum absolute atomic E-state index is 0.644. The number of hydrogen-bond acceptors (Lipinski definition) is 5. The van der Waals surface area contributed by atoms with Gasteiger partial charge < -0.3 is 10.6 Å². The van der Waals surface area contributed by atoms with Crippen molar-refractivity contribution in [2.75, 3.05) is 10.6 Å². The van der Waals surface area contributed by atoms with Crippen molar-refractivity contribution in [3.05, 3.63) is 88.0 Å². The Kier molecular flexibility index (Phi) is 77.4. The first kappa shape index (κ1) is 111. The molecule has 0 unspecified atom stereocenters. The van der Waals surface area contributed by atoms with Crippen LogP contribution in [0.2, 0.25) is 0 Å². The first-order valence-electron chi connectivity index (χ1n) is 56.2. The van der Waals surface area contributed by atoms with E-state index < -0.39 is 0 Å². The highest BCUT2D eigenvalue weighted by Gasteiger charge is 2.19. The van der Waals surface area contributed by atoms with Crippen molar-refractivity contribution in [2.24, 2.45) is 0 Å². The van der Waals surface area contributed by atoms with Crippen molar-refractivity contribution in [3.8, 4) is 11.4 Å². The second-order valence-electron chi connectivity index (χ2n) is 39.5. The van der Waals surface area contributed by atoms with E-state index in [4.69, 9.17) is 15.0 Å². The van der Waals surface area contributed by atoms with E-state index in [-0.39, 0.29) is 0 Å². The van der Waals surface area contributed by atoms with E-state index in [1.54, 1.807) is 33.4 Å². The van der Waals surface area contributed by atoms with Crippen molar-refractivity contribution in [3.63, 3.8) is 0 Å². The highest BCUT2D eigenvalue weighted by molar-refractivity contribution is 5.66. The third kappa shape index (κ3) is 63.3. The van der Waals surface area contributed by atoms with Gasteiger partial charge in [0, 0.05) is 16.9 Å². The lowest BCUT2D eigenvalue weighted by molar-refractivity contribution is 0.533. The number of rotatable bonds is 95. The van der Waals surface area contributed by atoms with Gasteiger partial charge in [-0.2, -0.15) is 15.0 Å². The molecule has 0 saturated heterocycles. The summed E-state index contributed by atoms with van der Waals surface area (Å²) in [4.78, 5) is 16.3. The maximum Gasteiger partial charge on any atom is 0.232 e. The zero-order valence-corrected chi connectivity index (χ0v) is 83.2. The van der Waals surface area contributed by atoms with E-state index in [0.717, 1.165) is 48.4 Å². The second-order valence-corrected chi connectivity index (χ2v) is 39.5. The molecule has 0 bridgehead atoms. The van der Waals surface area contributed by atoms with Gasteiger partial charge in [-0.25, -0.2) is 0 Å². The lowest BCUT2D eigenvalue weighted by atomic mass is 9.89. The molecular formula is C117H209N5. The third-order valence-electron chi connectivity index (χ3n) is 27.8. The number of benzene rings is 3. The summed E-state index contributed by atoms with van der Waals surface area (Å²) in [7, 11) is 0. The Hall–Kier alpha value is -3.73. The summed E-state index contributed by atoms with van der Waals surface area (Å²) in [6.07, 6.45) is 125. The quantitative estimate of drug-likeness (QED) is 0.0431. The fourth-order valence-electron chi connectivity index (χ4n) is 19.8. The standard InChI is InChI=1S/C117H209N5/c1-7-13-19-25-31-37-43-49-55-61-67-73-79-86-96-107-102-111(103-108(97-87-80-74-68-62-56-50-44-38-32-26-20-14-8-2)113(107)100-92-83-77-71-65-59-53-47-41-35-29-23-17-11-5)118-116-120-115(106-94-90-85-91-95-106)121-117(122-116)119-112-104-109(98-88-81-75-69-63-57-51-45-39-33-27-21-15-9-3)114(101-93-84-78-72-66-60-54-48-42-36-30-24-18-12-6)110(105-112)99-89-82-76-70-64-58-52-46-40-34-28-22-16-10-4/h85,90-91,94-95,102-105H,7-84,86-89,92-93,96-101H2,1-6H3,(H2,118,119,120,121,122). The lowest BCUT2D eigenvalue weighted by Gasteiger charge is -2.20. The van der Waals surface area contributed by atoms with Crippen molar-refractivity contribution in [2.45, 2.75) is 619 Å². The minimum Gasteiger partial charge on any atom is -0.324 e. The van der Waals surface area contributed by atoms with Gasteiger partial charge >= 0.3 is 0 Å². The number of unbranched alkanes of at least 4 members (excludes halogenated alkanes) is 78. The largest absolute Gasteiger partial charge is 0.324 e. The van der Waals surface area contributed by atoms with Crippen LogP contribution in [0.1, 0.15) is 614 Å². The van der Waals surface area contributed by atoms with Crippen LogP contribution in [0.3, 0.4) is 0 Å². The molecule has 3 aromatic carbocycles. The molecule has 5 heteroatoms. The molecule has 1 heterocycles. The predicted molar refractivity (Wildman–Crippen MR) is 549 cm³/mol. The Labute approximate surface area is 762 Å². The minimum atomic E-state index is 0.644. The molecular weight excluding hydrogens is 1480 g/mol. The molecule has 1 aromatic heterocycles. The van der Waals surface area contributed by atoms with Crippen molar-refractivity contribution in [1.82, 2.24) is 15.0 Å². The smallest absolute Gasteiger partial charge is 0.232 e. The molecule has 702 valence electrons. The highest BCUT2D eigenvalue weighted by atomic mass is 15.2. The van der Waals surface area contributed by atoms with E-state index in [9.17, 15) is 0 Å². The van der Waals surface area contributed by atoms with Crippen LogP contribution < -0.4 is 10.6 Å². The first-order chi connectivity index (χ1) is 60.5. The van der Waals surface area contributed by atoms with Crippen LogP contribution in [-0.4, -0.2) is 15.0 Å². The first-order valence-corrected chi connectivity index (χ1v) is 56.2. The second kappa shape index (κ2) is 85.4. The van der Waals surface area contributed by atoms with Gasteiger partial charge in [-0.3, -0.25) is 0 Å². The summed E-state index contributed by atoms with van der Waals surface area (Å²) >= 11 is 0. The summed E-state index contributed by atoms with van der Waals surface area (Å²) in [6, 6.07) is 21.1. The SMILES string of the molecule is CCCCCCCCCCCCCCCCc1cc(Nc2nc(Nc3cc(CCCCCCCCCCCCCCCC)c(CCCCCCCCCCCCCCCC)c(CCCCCCCCCCCCCCCC)c3)nc(-c3ccccc3)n2)cc(CCCCCCCCCCCCCCCC)c1CCCCCCCCCCCCCCCC. The van der Waals surface area contributed by atoms with E-state index in [1.807, 2.05) is 0 Å². The average molecular weight is 1690 g/mol. The Morgan fingerprint density at radius 2 is 0.328 bits per heavy atom. The molecule has 122 heavy (non-hydrogen) atoms. The Balaban J connectivity index is 1.68. The number of aromatic nitrogens is 3. The Bertz CT molecular complexity index is 2560. The van der Waals surface area contributed by atoms with Crippen molar-refractivity contribution in [1.29, 1.82) is 0 Å². The van der Waals surface area contributed by atoms with E-state index in [2.05, 4.69) is 107 Å². The number of nitrogens with one attached hydrogen (secondary N) is 2. The number of anilines is 4. The highest BCUT2D eigenvalue weighted by Crippen LogP contribution is 2.34. The van der Waals surface area contributed by atoms with Crippen LogP contribution in [0.4, 0.5) is 23.3 Å². The molecule has 0 amide bonds. The molecule has 0 aliphatic carbocycles. The van der Waals surface area contributed by atoms with Crippen LogP contribution in [0.15, 0.2) is 54.6 Å². The zero-order chi connectivity index (χ0) is 86.5. The molecule has 0 atom stereocenters. The van der Waals surface area contributed by atoms with Crippen molar-refractivity contribution >= 4 is 23.3 Å². The van der Waals surface area contributed by atoms with E-state index in [0.29, 0.717) is 11.9 Å². The van der Waals surface area contributed by atoms with Crippen molar-refractivity contribution < 1.29 is 0 Å². The molecule has 2 N–H and O–H groups in total. The molecule has 4 aromatic rings. The van der Waals surface area contributed by atoms with E-state index >= 15 is 0 Å². The predicted octanol–water partition coefficient (Wildman–Crippen LogP) is 41.2. The molecule has 5 nitrogen and oxygen atoms in total. The van der Waals surface area contributed by atoms with Gasteiger partial charge in [0.2, 0.25) is 11.9 Å². The molecule has 0 radical (unpaired) electrons. The maximum absolute atomic E-state index is 5.48. The number of nitrogens with zero attached hydrogens (tertiary/aromatic N) is 3. The van der Waals surface area contributed by atoms with Crippen LogP contribution in [0, 0.1) is 0 Å². The summed E-state index contributed by atoms with van der Waals surface area (Å²) in [5, 5.41) is 8.00. The van der Waals surface area contributed by atoms with Gasteiger partial charge in [-0.05, 0) is 135 Å². The van der Waals surface area contributed by atoms with Gasteiger partial charge in [0.1, 0.15) is 0 Å². The molecule has 0 aliphatic rings. The fourth-order valence-corrected chi connectivity index (χ4v) is 19.8. The Morgan fingerprint density at radius 3 is 0.500 bits per heavy atom. The average Bonchev–Trinajstić information content (AvgIpc) is 0.806. The number of hydrogen-bond donors (Lipinski definition) is 2. The lowest BCUT2D eigenvalue weighted by Crippen LogP contribution is -2.09.